The van der Waals surface area contributed by atoms with Crippen molar-refractivity contribution in [2.24, 2.45) is 0 Å². The summed E-state index contributed by atoms with van der Waals surface area (Å²) >= 11 is 1.30. The zero-order valence-corrected chi connectivity index (χ0v) is 16.5. The van der Waals surface area contributed by atoms with Crippen LogP contribution in [0.2, 0.25) is 0 Å². The van der Waals surface area contributed by atoms with E-state index in [0.717, 1.165) is 0 Å². The van der Waals surface area contributed by atoms with Crippen LogP contribution in [-0.2, 0) is 9.53 Å². The van der Waals surface area contributed by atoms with E-state index in [2.05, 4.69) is 16.0 Å². The molecule has 148 valence electrons. The standard InChI is InChI=1S/C19H21N3O5S/c1-11(2)20-19(26)22-16(23)12(3)27-18(25)13-6-4-7-14(10-13)21-17(24)15-8-5-9-28-15/h4-12H,1-3H3,(H,21,24)(H2,20,22,23,26)/t12-/m1/s1. The first kappa shape index (κ1) is 21.1. The lowest BCUT2D eigenvalue weighted by Crippen LogP contribution is -2.46. The molecule has 3 N–H and O–H groups in total. The molecule has 28 heavy (non-hydrogen) atoms. The lowest BCUT2D eigenvalue weighted by molar-refractivity contribution is -0.127. The number of thiophene rings is 1. The average molecular weight is 403 g/mol. The van der Waals surface area contributed by atoms with Gasteiger partial charge in [-0.05, 0) is 50.4 Å². The van der Waals surface area contributed by atoms with E-state index in [4.69, 9.17) is 4.74 Å². The highest BCUT2D eigenvalue weighted by molar-refractivity contribution is 7.12. The van der Waals surface area contributed by atoms with Gasteiger partial charge in [-0.25, -0.2) is 9.59 Å². The molecule has 0 spiro atoms. The molecule has 1 heterocycles. The lowest BCUT2D eigenvalue weighted by Gasteiger charge is -2.14. The Bertz CT molecular complexity index is 864. The van der Waals surface area contributed by atoms with Crippen molar-refractivity contribution in [3.8, 4) is 0 Å². The minimum atomic E-state index is -1.17. The molecule has 2 rings (SSSR count). The van der Waals surface area contributed by atoms with Crippen LogP contribution in [0.4, 0.5) is 10.5 Å². The fraction of sp³-hybridized carbons (Fsp3) is 0.263. The van der Waals surface area contributed by atoms with Gasteiger partial charge in [0.2, 0.25) is 0 Å². The Morgan fingerprint density at radius 3 is 2.43 bits per heavy atom. The van der Waals surface area contributed by atoms with E-state index >= 15 is 0 Å². The number of hydrogen-bond donors (Lipinski definition) is 3. The highest BCUT2D eigenvalue weighted by atomic mass is 32.1. The molecule has 0 fully saturated rings. The van der Waals surface area contributed by atoms with Crippen molar-refractivity contribution in [2.45, 2.75) is 32.9 Å². The van der Waals surface area contributed by atoms with Crippen LogP contribution in [0.25, 0.3) is 0 Å². The molecule has 0 bridgehead atoms. The van der Waals surface area contributed by atoms with Gasteiger partial charge in [-0.3, -0.25) is 14.9 Å². The van der Waals surface area contributed by atoms with E-state index in [1.54, 1.807) is 43.5 Å². The van der Waals surface area contributed by atoms with Crippen LogP contribution < -0.4 is 16.0 Å². The van der Waals surface area contributed by atoms with E-state index in [1.807, 2.05) is 0 Å². The number of nitrogens with one attached hydrogen (secondary N) is 3. The first-order chi connectivity index (χ1) is 13.3. The van der Waals surface area contributed by atoms with Gasteiger partial charge in [0.25, 0.3) is 11.8 Å². The number of amides is 4. The number of rotatable bonds is 6. The second-order valence-corrected chi connectivity index (χ2v) is 7.12. The summed E-state index contributed by atoms with van der Waals surface area (Å²) in [5.74, 6) is -1.78. The van der Waals surface area contributed by atoms with Crippen molar-refractivity contribution in [3.05, 3.63) is 52.2 Å². The number of hydrogen-bond acceptors (Lipinski definition) is 6. The third kappa shape index (κ3) is 6.20. The van der Waals surface area contributed by atoms with Gasteiger partial charge in [0.05, 0.1) is 10.4 Å². The Morgan fingerprint density at radius 1 is 1.04 bits per heavy atom. The molecule has 0 unspecified atom stereocenters. The Kier molecular flexibility index (Phi) is 7.28. The summed E-state index contributed by atoms with van der Waals surface area (Å²) in [6.45, 7) is 4.85. The molecule has 0 aliphatic rings. The number of esters is 1. The molecule has 0 radical (unpaired) electrons. The number of carbonyl (C=O) groups excluding carboxylic acids is 4. The predicted molar refractivity (Wildman–Crippen MR) is 105 cm³/mol. The topological polar surface area (TPSA) is 114 Å². The highest BCUT2D eigenvalue weighted by Crippen LogP contribution is 2.16. The summed E-state index contributed by atoms with van der Waals surface area (Å²) in [6.07, 6.45) is -1.17. The Morgan fingerprint density at radius 2 is 1.79 bits per heavy atom. The molecule has 2 aromatic rings. The molecule has 1 aromatic carbocycles. The molecular weight excluding hydrogens is 382 g/mol. The average Bonchev–Trinajstić information content (AvgIpc) is 3.15. The summed E-state index contributed by atoms with van der Waals surface area (Å²) in [4.78, 5) is 48.4. The fourth-order valence-electron chi connectivity index (χ4n) is 2.12. The Hall–Kier alpha value is -3.20. The van der Waals surface area contributed by atoms with E-state index in [9.17, 15) is 19.2 Å². The number of ether oxygens (including phenoxy) is 1. The van der Waals surface area contributed by atoms with E-state index < -0.39 is 24.0 Å². The quantitative estimate of drug-likeness (QED) is 0.642. The monoisotopic (exact) mass is 403 g/mol. The van der Waals surface area contributed by atoms with Crippen molar-refractivity contribution < 1.29 is 23.9 Å². The minimum absolute atomic E-state index is 0.141. The minimum Gasteiger partial charge on any atom is -0.449 e. The second kappa shape index (κ2) is 9.65. The van der Waals surface area contributed by atoms with Gasteiger partial charge in [-0.1, -0.05) is 12.1 Å². The van der Waals surface area contributed by atoms with Gasteiger partial charge < -0.3 is 15.4 Å². The summed E-state index contributed by atoms with van der Waals surface area (Å²) < 4.78 is 5.09. The van der Waals surface area contributed by atoms with E-state index in [-0.39, 0.29) is 17.5 Å². The van der Waals surface area contributed by atoms with Crippen molar-refractivity contribution in [3.63, 3.8) is 0 Å². The van der Waals surface area contributed by atoms with Crippen LogP contribution in [0.1, 0.15) is 40.8 Å². The molecule has 8 nitrogen and oxygen atoms in total. The predicted octanol–water partition coefficient (Wildman–Crippen LogP) is 2.78. The fourth-order valence-corrected chi connectivity index (χ4v) is 2.74. The van der Waals surface area contributed by atoms with Gasteiger partial charge in [-0.15, -0.1) is 11.3 Å². The summed E-state index contributed by atoms with van der Waals surface area (Å²) in [5.41, 5.74) is 0.580. The molecule has 1 atom stereocenters. The van der Waals surface area contributed by atoms with Gasteiger partial charge in [0.15, 0.2) is 6.10 Å². The first-order valence-corrected chi connectivity index (χ1v) is 9.41. The Balaban J connectivity index is 1.95. The molecule has 1 aromatic heterocycles. The maximum Gasteiger partial charge on any atom is 0.338 e. The Labute approximate surface area is 166 Å². The first-order valence-electron chi connectivity index (χ1n) is 8.53. The van der Waals surface area contributed by atoms with E-state index in [0.29, 0.717) is 10.6 Å². The van der Waals surface area contributed by atoms with Crippen molar-refractivity contribution in [2.75, 3.05) is 5.32 Å². The van der Waals surface area contributed by atoms with Crippen LogP contribution in [0.3, 0.4) is 0 Å². The summed E-state index contributed by atoms with van der Waals surface area (Å²) in [6, 6.07) is 8.81. The van der Waals surface area contributed by atoms with Crippen molar-refractivity contribution in [1.29, 1.82) is 0 Å². The molecule has 9 heteroatoms. The van der Waals surface area contributed by atoms with Crippen LogP contribution in [0.5, 0.6) is 0 Å². The number of benzene rings is 1. The van der Waals surface area contributed by atoms with Gasteiger partial charge in [-0.2, -0.15) is 0 Å². The molecule has 0 aliphatic carbocycles. The summed E-state index contributed by atoms with van der Waals surface area (Å²) in [7, 11) is 0. The smallest absolute Gasteiger partial charge is 0.338 e. The zero-order chi connectivity index (χ0) is 20.7. The second-order valence-electron chi connectivity index (χ2n) is 6.18. The zero-order valence-electron chi connectivity index (χ0n) is 15.6. The van der Waals surface area contributed by atoms with Crippen LogP contribution >= 0.6 is 11.3 Å². The highest BCUT2D eigenvalue weighted by Gasteiger charge is 2.21. The SMILES string of the molecule is CC(C)NC(=O)NC(=O)[C@@H](C)OC(=O)c1cccc(NC(=O)c2cccs2)c1. The largest absolute Gasteiger partial charge is 0.449 e. The number of carbonyl (C=O) groups is 4. The molecule has 4 amide bonds. The molecule has 0 saturated carbocycles. The molecule has 0 aliphatic heterocycles. The van der Waals surface area contributed by atoms with Crippen LogP contribution in [0, 0.1) is 0 Å². The van der Waals surface area contributed by atoms with Gasteiger partial charge >= 0.3 is 12.0 Å². The maximum absolute atomic E-state index is 12.3. The maximum atomic E-state index is 12.3. The van der Waals surface area contributed by atoms with Crippen molar-refractivity contribution in [1.82, 2.24) is 10.6 Å². The van der Waals surface area contributed by atoms with Gasteiger partial charge in [0, 0.05) is 11.7 Å². The van der Waals surface area contributed by atoms with Crippen molar-refractivity contribution >= 4 is 40.8 Å². The third-order valence-electron chi connectivity index (χ3n) is 3.41. The number of urea groups is 1. The number of imide groups is 1. The molecule has 0 saturated heterocycles. The lowest BCUT2D eigenvalue weighted by atomic mass is 10.2. The third-order valence-corrected chi connectivity index (χ3v) is 4.28. The van der Waals surface area contributed by atoms with E-state index in [1.165, 1.54) is 30.4 Å². The summed E-state index contributed by atoms with van der Waals surface area (Å²) in [5, 5.41) is 9.08. The normalized spacial score (nSPS) is 11.4. The number of anilines is 1. The van der Waals surface area contributed by atoms with Crippen LogP contribution in [-0.4, -0.2) is 36.0 Å². The van der Waals surface area contributed by atoms with Crippen LogP contribution in [0.15, 0.2) is 41.8 Å². The molecular formula is C19H21N3O5S. The van der Waals surface area contributed by atoms with Gasteiger partial charge in [0.1, 0.15) is 0 Å².